The predicted octanol–water partition coefficient (Wildman–Crippen LogP) is 0.262. The number of hydrogen-bond donors (Lipinski definition) is 2. The molecular weight excluding hydrogens is 271 g/mol. The van der Waals surface area contributed by atoms with Gasteiger partial charge in [0.05, 0.1) is 0 Å². The number of rotatable bonds is 6. The van der Waals surface area contributed by atoms with Gasteiger partial charge < -0.3 is 16.0 Å². The summed E-state index contributed by atoms with van der Waals surface area (Å²) in [6.45, 7) is 6.46. The van der Waals surface area contributed by atoms with E-state index in [9.17, 15) is 9.18 Å². The third kappa shape index (κ3) is 4.77. The fraction of sp³-hybridized carbons (Fsp3) is 0.533. The number of likely N-dealkylation sites (N-methyl/N-ethyl adjacent to an activating group) is 1. The number of carbonyl (C=O) groups is 1. The molecule has 0 aliphatic carbocycles. The van der Waals surface area contributed by atoms with Crippen LogP contribution in [0.2, 0.25) is 0 Å². The molecular formula is C15H23FN4O. The summed E-state index contributed by atoms with van der Waals surface area (Å²) in [4.78, 5) is 15.6. The Bertz CT molecular complexity index is 489. The van der Waals surface area contributed by atoms with Gasteiger partial charge in [0, 0.05) is 56.9 Å². The highest BCUT2D eigenvalue weighted by Gasteiger charge is 2.12. The topological polar surface area (TPSA) is 61.6 Å². The lowest BCUT2D eigenvalue weighted by atomic mass is 10.1. The zero-order valence-corrected chi connectivity index (χ0v) is 12.4. The summed E-state index contributed by atoms with van der Waals surface area (Å²) in [6.07, 6.45) is 0. The SMILES string of the molecule is CN(CCN1CCNCC1)Cc1cc(C(N)=O)ccc1F. The Balaban J connectivity index is 1.88. The van der Waals surface area contributed by atoms with E-state index >= 15 is 0 Å². The summed E-state index contributed by atoms with van der Waals surface area (Å²) in [6, 6.07) is 4.26. The number of primary amides is 1. The van der Waals surface area contributed by atoms with Crippen molar-refractivity contribution in [2.45, 2.75) is 6.54 Å². The quantitative estimate of drug-likeness (QED) is 0.790. The molecule has 0 unspecified atom stereocenters. The first-order chi connectivity index (χ1) is 10.1. The molecule has 116 valence electrons. The Kier molecular flexibility index (Phi) is 5.67. The average molecular weight is 294 g/mol. The van der Waals surface area contributed by atoms with E-state index in [0.717, 1.165) is 39.3 Å². The van der Waals surface area contributed by atoms with Crippen molar-refractivity contribution < 1.29 is 9.18 Å². The van der Waals surface area contributed by atoms with Gasteiger partial charge in [-0.15, -0.1) is 0 Å². The molecule has 1 amide bonds. The number of halogens is 1. The molecule has 0 radical (unpaired) electrons. The highest BCUT2D eigenvalue weighted by atomic mass is 19.1. The second kappa shape index (κ2) is 7.49. The highest BCUT2D eigenvalue weighted by molar-refractivity contribution is 5.92. The molecule has 0 spiro atoms. The first-order valence-electron chi connectivity index (χ1n) is 7.26. The van der Waals surface area contributed by atoms with Crippen molar-refractivity contribution in [1.82, 2.24) is 15.1 Å². The second-order valence-corrected chi connectivity index (χ2v) is 5.50. The Morgan fingerprint density at radius 2 is 2.14 bits per heavy atom. The van der Waals surface area contributed by atoms with E-state index in [-0.39, 0.29) is 5.82 Å². The van der Waals surface area contributed by atoms with Crippen LogP contribution in [0.5, 0.6) is 0 Å². The first kappa shape index (κ1) is 15.9. The van der Waals surface area contributed by atoms with Crippen molar-refractivity contribution in [3.63, 3.8) is 0 Å². The van der Waals surface area contributed by atoms with Gasteiger partial charge in [-0.05, 0) is 25.2 Å². The molecule has 1 fully saturated rings. The van der Waals surface area contributed by atoms with E-state index in [1.54, 1.807) is 6.07 Å². The molecule has 5 nitrogen and oxygen atoms in total. The maximum atomic E-state index is 13.8. The van der Waals surface area contributed by atoms with Crippen molar-refractivity contribution in [2.24, 2.45) is 5.73 Å². The van der Waals surface area contributed by atoms with E-state index in [2.05, 4.69) is 15.1 Å². The minimum atomic E-state index is -0.528. The number of carbonyl (C=O) groups excluding carboxylic acids is 1. The molecule has 1 heterocycles. The van der Waals surface area contributed by atoms with Gasteiger partial charge in [-0.3, -0.25) is 9.69 Å². The molecule has 0 bridgehead atoms. The molecule has 2 rings (SSSR count). The number of nitrogens with one attached hydrogen (secondary N) is 1. The largest absolute Gasteiger partial charge is 0.366 e. The number of piperazine rings is 1. The first-order valence-corrected chi connectivity index (χ1v) is 7.26. The Morgan fingerprint density at radius 3 is 2.81 bits per heavy atom. The minimum absolute atomic E-state index is 0.297. The van der Waals surface area contributed by atoms with Gasteiger partial charge in [0.15, 0.2) is 0 Å². The van der Waals surface area contributed by atoms with Gasteiger partial charge in [0.25, 0.3) is 0 Å². The summed E-state index contributed by atoms with van der Waals surface area (Å²) >= 11 is 0. The summed E-state index contributed by atoms with van der Waals surface area (Å²) < 4.78 is 13.8. The Morgan fingerprint density at radius 1 is 1.43 bits per heavy atom. The molecule has 1 aromatic rings. The van der Waals surface area contributed by atoms with E-state index in [0.29, 0.717) is 17.7 Å². The molecule has 1 aliphatic heterocycles. The maximum Gasteiger partial charge on any atom is 0.248 e. The zero-order valence-electron chi connectivity index (χ0n) is 12.4. The minimum Gasteiger partial charge on any atom is -0.366 e. The van der Waals surface area contributed by atoms with E-state index in [4.69, 9.17) is 5.73 Å². The van der Waals surface area contributed by atoms with Crippen LogP contribution < -0.4 is 11.1 Å². The monoisotopic (exact) mass is 294 g/mol. The molecule has 1 aliphatic rings. The van der Waals surface area contributed by atoms with Crippen molar-refractivity contribution >= 4 is 5.91 Å². The molecule has 1 aromatic carbocycles. The summed E-state index contributed by atoms with van der Waals surface area (Å²) in [5, 5.41) is 3.32. The number of nitrogens with zero attached hydrogens (tertiary/aromatic N) is 2. The molecule has 0 saturated carbocycles. The Labute approximate surface area is 124 Å². The molecule has 3 N–H and O–H groups in total. The van der Waals surface area contributed by atoms with Crippen LogP contribution in [0.25, 0.3) is 0 Å². The highest BCUT2D eigenvalue weighted by Crippen LogP contribution is 2.12. The lowest BCUT2D eigenvalue weighted by Crippen LogP contribution is -2.45. The van der Waals surface area contributed by atoms with Gasteiger partial charge >= 0.3 is 0 Å². The van der Waals surface area contributed by atoms with E-state index < -0.39 is 5.91 Å². The Hall–Kier alpha value is -1.50. The lowest BCUT2D eigenvalue weighted by Gasteiger charge is -2.29. The van der Waals surface area contributed by atoms with Crippen molar-refractivity contribution in [1.29, 1.82) is 0 Å². The second-order valence-electron chi connectivity index (χ2n) is 5.50. The molecule has 1 saturated heterocycles. The summed E-state index contributed by atoms with van der Waals surface area (Å²) in [7, 11) is 1.96. The van der Waals surface area contributed by atoms with Crippen molar-refractivity contribution in [2.75, 3.05) is 46.3 Å². The third-order valence-corrected chi connectivity index (χ3v) is 3.78. The number of hydrogen-bond acceptors (Lipinski definition) is 4. The lowest BCUT2D eigenvalue weighted by molar-refractivity contribution is 0.1000. The van der Waals surface area contributed by atoms with Crippen LogP contribution in [0, 0.1) is 5.82 Å². The number of benzene rings is 1. The molecule has 0 aromatic heterocycles. The molecule has 6 heteroatoms. The predicted molar refractivity (Wildman–Crippen MR) is 80.6 cm³/mol. The van der Waals surface area contributed by atoms with Crippen molar-refractivity contribution in [3.8, 4) is 0 Å². The van der Waals surface area contributed by atoms with Gasteiger partial charge in [-0.1, -0.05) is 0 Å². The van der Waals surface area contributed by atoms with Crippen molar-refractivity contribution in [3.05, 3.63) is 35.1 Å². The number of nitrogens with two attached hydrogens (primary N) is 1. The van der Waals surface area contributed by atoms with Crippen LogP contribution in [0.1, 0.15) is 15.9 Å². The fourth-order valence-electron chi connectivity index (χ4n) is 2.47. The van der Waals surface area contributed by atoms with E-state index in [1.165, 1.54) is 12.1 Å². The zero-order chi connectivity index (χ0) is 15.2. The van der Waals surface area contributed by atoms with Crippen LogP contribution in [-0.4, -0.2) is 62.0 Å². The molecule has 0 atom stereocenters. The van der Waals surface area contributed by atoms with Gasteiger partial charge in [-0.2, -0.15) is 0 Å². The average Bonchev–Trinajstić information content (AvgIpc) is 2.48. The smallest absolute Gasteiger partial charge is 0.248 e. The van der Waals surface area contributed by atoms with Crippen LogP contribution in [0.15, 0.2) is 18.2 Å². The fourth-order valence-corrected chi connectivity index (χ4v) is 2.47. The van der Waals surface area contributed by atoms with Crippen LogP contribution in [-0.2, 0) is 6.54 Å². The van der Waals surface area contributed by atoms with Gasteiger partial charge in [0.2, 0.25) is 5.91 Å². The van der Waals surface area contributed by atoms with Gasteiger partial charge in [-0.25, -0.2) is 4.39 Å². The van der Waals surface area contributed by atoms with Crippen LogP contribution in [0.4, 0.5) is 4.39 Å². The standard InChI is InChI=1S/C15H23FN4O/c1-19(8-9-20-6-4-18-5-7-20)11-13-10-12(15(17)21)2-3-14(13)16/h2-3,10,18H,4-9,11H2,1H3,(H2,17,21). The summed E-state index contributed by atoms with van der Waals surface area (Å²) in [5.74, 6) is -0.825. The maximum absolute atomic E-state index is 13.8. The molecule has 21 heavy (non-hydrogen) atoms. The van der Waals surface area contributed by atoms with Gasteiger partial charge in [0.1, 0.15) is 5.82 Å². The van der Waals surface area contributed by atoms with Crippen LogP contribution >= 0.6 is 0 Å². The normalized spacial score (nSPS) is 16.3. The summed E-state index contributed by atoms with van der Waals surface area (Å²) in [5.41, 5.74) is 6.09. The van der Waals surface area contributed by atoms with E-state index in [1.807, 2.05) is 7.05 Å². The third-order valence-electron chi connectivity index (χ3n) is 3.78. The van der Waals surface area contributed by atoms with Crippen LogP contribution in [0.3, 0.4) is 0 Å². The number of amides is 1.